The van der Waals surface area contributed by atoms with Gasteiger partial charge in [-0.3, -0.25) is 0 Å². The topological polar surface area (TPSA) is 64.1 Å². The number of aromatic nitrogens is 1. The van der Waals surface area contributed by atoms with E-state index in [1.54, 1.807) is 12.5 Å². The summed E-state index contributed by atoms with van der Waals surface area (Å²) in [7, 11) is 0. The molecular formula is C11H15N3O. The van der Waals surface area contributed by atoms with Crippen LogP contribution in [-0.4, -0.2) is 18.1 Å². The van der Waals surface area contributed by atoms with E-state index in [9.17, 15) is 0 Å². The van der Waals surface area contributed by atoms with E-state index in [1.165, 1.54) is 0 Å². The average molecular weight is 205 g/mol. The lowest BCUT2D eigenvalue weighted by Crippen LogP contribution is -2.20. The van der Waals surface area contributed by atoms with Crippen molar-refractivity contribution < 1.29 is 4.42 Å². The van der Waals surface area contributed by atoms with Crippen molar-refractivity contribution in [2.45, 2.75) is 6.92 Å². The van der Waals surface area contributed by atoms with Crippen LogP contribution in [-0.2, 0) is 0 Å². The maximum atomic E-state index is 5.55. The summed E-state index contributed by atoms with van der Waals surface area (Å²) in [5, 5.41) is 4.29. The van der Waals surface area contributed by atoms with E-state index in [-0.39, 0.29) is 0 Å². The van der Waals surface area contributed by atoms with Crippen LogP contribution in [0.15, 0.2) is 29.0 Å². The van der Waals surface area contributed by atoms with Crippen LogP contribution in [0, 0.1) is 5.92 Å². The van der Waals surface area contributed by atoms with E-state index in [4.69, 9.17) is 10.2 Å². The number of hydrogen-bond acceptors (Lipinski definition) is 4. The molecule has 0 aliphatic rings. The molecule has 0 aliphatic carbocycles. The van der Waals surface area contributed by atoms with E-state index >= 15 is 0 Å². The van der Waals surface area contributed by atoms with Crippen molar-refractivity contribution in [3.8, 4) is 0 Å². The Hall–Kier alpha value is -1.55. The van der Waals surface area contributed by atoms with Crippen molar-refractivity contribution in [3.63, 3.8) is 0 Å². The smallest absolute Gasteiger partial charge is 0.139 e. The van der Waals surface area contributed by atoms with Gasteiger partial charge in [-0.25, -0.2) is 4.98 Å². The number of nitrogens with two attached hydrogens (primary N) is 1. The molecule has 0 radical (unpaired) electrons. The number of hydrogen-bond donors (Lipinski definition) is 2. The van der Waals surface area contributed by atoms with Gasteiger partial charge < -0.3 is 15.5 Å². The Morgan fingerprint density at radius 3 is 3.20 bits per heavy atom. The summed E-state index contributed by atoms with van der Waals surface area (Å²) in [6, 6.07) is 3.77. The number of nitrogens with zero attached hydrogens (tertiary/aromatic N) is 1. The molecule has 4 heteroatoms. The summed E-state index contributed by atoms with van der Waals surface area (Å²) in [5.41, 5.74) is 6.40. The Morgan fingerprint density at radius 1 is 1.53 bits per heavy atom. The van der Waals surface area contributed by atoms with Gasteiger partial charge in [0.1, 0.15) is 11.4 Å². The fraction of sp³-hybridized carbons (Fsp3) is 0.364. The molecular weight excluding hydrogens is 190 g/mol. The molecule has 0 spiro atoms. The van der Waals surface area contributed by atoms with E-state index in [1.807, 2.05) is 12.1 Å². The van der Waals surface area contributed by atoms with Crippen LogP contribution in [0.2, 0.25) is 0 Å². The number of furan rings is 1. The Kier molecular flexibility index (Phi) is 2.87. The van der Waals surface area contributed by atoms with Crippen LogP contribution in [0.25, 0.3) is 11.0 Å². The Balaban J connectivity index is 2.17. The first kappa shape index (κ1) is 9.98. The SMILES string of the molecule is CC(CN)CNc1nccc2occc12. The van der Waals surface area contributed by atoms with Crippen LogP contribution in [0.1, 0.15) is 6.92 Å². The lowest BCUT2D eigenvalue weighted by Gasteiger charge is -2.10. The fourth-order valence-electron chi connectivity index (χ4n) is 1.39. The first-order chi connectivity index (χ1) is 7.31. The quantitative estimate of drug-likeness (QED) is 0.799. The molecule has 15 heavy (non-hydrogen) atoms. The van der Waals surface area contributed by atoms with Crippen molar-refractivity contribution in [1.29, 1.82) is 0 Å². The zero-order valence-electron chi connectivity index (χ0n) is 8.73. The number of rotatable bonds is 4. The van der Waals surface area contributed by atoms with E-state index in [2.05, 4.69) is 17.2 Å². The Labute approximate surface area is 88.5 Å². The second kappa shape index (κ2) is 4.31. The molecule has 0 saturated carbocycles. The van der Waals surface area contributed by atoms with Gasteiger partial charge in [0.25, 0.3) is 0 Å². The lowest BCUT2D eigenvalue weighted by atomic mass is 10.2. The monoisotopic (exact) mass is 205 g/mol. The molecule has 4 nitrogen and oxygen atoms in total. The molecule has 80 valence electrons. The zero-order chi connectivity index (χ0) is 10.7. The number of fused-ring (bicyclic) bond motifs is 1. The van der Waals surface area contributed by atoms with Crippen LogP contribution < -0.4 is 11.1 Å². The van der Waals surface area contributed by atoms with Gasteiger partial charge in [-0.2, -0.15) is 0 Å². The Morgan fingerprint density at radius 2 is 2.40 bits per heavy atom. The highest BCUT2D eigenvalue weighted by Crippen LogP contribution is 2.21. The predicted molar refractivity (Wildman–Crippen MR) is 60.7 cm³/mol. The van der Waals surface area contributed by atoms with Crippen LogP contribution in [0.5, 0.6) is 0 Å². The summed E-state index contributed by atoms with van der Waals surface area (Å²) in [5.74, 6) is 1.30. The minimum absolute atomic E-state index is 0.439. The largest absolute Gasteiger partial charge is 0.464 e. The van der Waals surface area contributed by atoms with Crippen molar-refractivity contribution in [2.75, 3.05) is 18.4 Å². The molecule has 2 heterocycles. The molecule has 0 bridgehead atoms. The van der Waals surface area contributed by atoms with E-state index < -0.39 is 0 Å². The molecule has 3 N–H and O–H groups in total. The standard InChI is InChI=1S/C11H15N3O/c1-8(6-12)7-14-11-9-3-5-15-10(9)2-4-13-11/h2-5,8H,6-7,12H2,1H3,(H,13,14). The highest BCUT2D eigenvalue weighted by atomic mass is 16.3. The maximum absolute atomic E-state index is 5.55. The lowest BCUT2D eigenvalue weighted by molar-refractivity contribution is 0.615. The zero-order valence-corrected chi connectivity index (χ0v) is 8.73. The van der Waals surface area contributed by atoms with Gasteiger partial charge in [0.2, 0.25) is 0 Å². The fourth-order valence-corrected chi connectivity index (χ4v) is 1.39. The normalized spacial score (nSPS) is 12.9. The minimum Gasteiger partial charge on any atom is -0.464 e. The summed E-state index contributed by atoms with van der Waals surface area (Å²) in [4.78, 5) is 4.27. The molecule has 2 aromatic heterocycles. The van der Waals surface area contributed by atoms with Crippen LogP contribution in [0.4, 0.5) is 5.82 Å². The predicted octanol–water partition coefficient (Wildman–Crippen LogP) is 1.83. The third-order valence-electron chi connectivity index (χ3n) is 2.40. The molecule has 1 unspecified atom stereocenters. The second-order valence-electron chi connectivity index (χ2n) is 3.71. The molecule has 2 rings (SSSR count). The third-order valence-corrected chi connectivity index (χ3v) is 2.40. The van der Waals surface area contributed by atoms with Gasteiger partial charge >= 0.3 is 0 Å². The van der Waals surface area contributed by atoms with Crippen LogP contribution in [0.3, 0.4) is 0 Å². The average Bonchev–Trinajstić information content (AvgIpc) is 2.74. The summed E-state index contributed by atoms with van der Waals surface area (Å²) in [6.07, 6.45) is 3.41. The van der Waals surface area contributed by atoms with Gasteiger partial charge in [-0.1, -0.05) is 6.92 Å². The molecule has 1 atom stereocenters. The van der Waals surface area contributed by atoms with Crippen molar-refractivity contribution in [1.82, 2.24) is 4.98 Å². The van der Waals surface area contributed by atoms with E-state index in [0.717, 1.165) is 23.3 Å². The van der Waals surface area contributed by atoms with Crippen molar-refractivity contribution in [2.24, 2.45) is 11.7 Å². The molecule has 0 aromatic carbocycles. The third kappa shape index (κ3) is 2.10. The highest BCUT2D eigenvalue weighted by Gasteiger charge is 2.05. The summed E-state index contributed by atoms with van der Waals surface area (Å²) >= 11 is 0. The van der Waals surface area contributed by atoms with Crippen molar-refractivity contribution in [3.05, 3.63) is 24.6 Å². The second-order valence-corrected chi connectivity index (χ2v) is 3.71. The number of pyridine rings is 1. The molecule has 0 saturated heterocycles. The first-order valence-electron chi connectivity index (χ1n) is 5.07. The highest BCUT2D eigenvalue weighted by molar-refractivity contribution is 5.87. The Bertz CT molecular complexity index is 438. The molecule has 0 fully saturated rings. The summed E-state index contributed by atoms with van der Waals surface area (Å²) < 4.78 is 5.29. The van der Waals surface area contributed by atoms with Gasteiger partial charge in [-0.05, 0) is 24.6 Å². The van der Waals surface area contributed by atoms with Gasteiger partial charge in [0.05, 0.1) is 11.6 Å². The maximum Gasteiger partial charge on any atom is 0.139 e. The van der Waals surface area contributed by atoms with Gasteiger partial charge in [0.15, 0.2) is 0 Å². The first-order valence-corrected chi connectivity index (χ1v) is 5.07. The molecule has 0 aliphatic heterocycles. The molecule has 0 amide bonds. The molecule has 2 aromatic rings. The van der Waals surface area contributed by atoms with Gasteiger partial charge in [0, 0.05) is 12.7 Å². The minimum atomic E-state index is 0.439. The van der Waals surface area contributed by atoms with Gasteiger partial charge in [-0.15, -0.1) is 0 Å². The van der Waals surface area contributed by atoms with Crippen molar-refractivity contribution >= 4 is 16.8 Å². The number of nitrogens with one attached hydrogen (secondary N) is 1. The summed E-state index contributed by atoms with van der Waals surface area (Å²) in [6.45, 7) is 3.60. The number of anilines is 1. The van der Waals surface area contributed by atoms with Crippen LogP contribution >= 0.6 is 0 Å². The van der Waals surface area contributed by atoms with E-state index in [0.29, 0.717) is 12.5 Å².